The number of sulfonamides is 1. The topological polar surface area (TPSA) is 102 Å². The molecule has 29 heavy (non-hydrogen) atoms. The van der Waals surface area contributed by atoms with Crippen molar-refractivity contribution < 1.29 is 27.5 Å². The summed E-state index contributed by atoms with van der Waals surface area (Å²) in [6.07, 6.45) is 0. The van der Waals surface area contributed by atoms with E-state index in [0.717, 1.165) is 10.4 Å². The summed E-state index contributed by atoms with van der Waals surface area (Å²) in [4.78, 5) is 24.1. The van der Waals surface area contributed by atoms with Gasteiger partial charge in [-0.15, -0.1) is 0 Å². The Morgan fingerprint density at radius 3 is 2.45 bits per heavy atom. The lowest BCUT2D eigenvalue weighted by Gasteiger charge is -2.15. The van der Waals surface area contributed by atoms with Crippen molar-refractivity contribution in [3.8, 4) is 5.75 Å². The molecule has 0 spiro atoms. The number of hydrogen-bond donors (Lipinski definition) is 1. The number of methoxy groups -OCH3 is 1. The van der Waals surface area contributed by atoms with Crippen molar-refractivity contribution in [1.82, 2.24) is 4.31 Å². The smallest absolute Gasteiger partial charge is 0.338 e. The van der Waals surface area contributed by atoms with Gasteiger partial charge in [0.05, 0.1) is 28.4 Å². The van der Waals surface area contributed by atoms with Crippen molar-refractivity contribution in [3.05, 3.63) is 52.0 Å². The van der Waals surface area contributed by atoms with E-state index >= 15 is 0 Å². The van der Waals surface area contributed by atoms with Crippen LogP contribution in [0.15, 0.2) is 41.3 Å². The zero-order valence-electron chi connectivity index (χ0n) is 15.7. The Morgan fingerprint density at radius 2 is 1.83 bits per heavy atom. The number of halogens is 2. The number of rotatable bonds is 7. The number of nitrogens with one attached hydrogen (secondary N) is 1. The van der Waals surface area contributed by atoms with Crippen molar-refractivity contribution in [2.45, 2.75) is 4.90 Å². The van der Waals surface area contributed by atoms with Crippen LogP contribution < -0.4 is 10.1 Å². The Hall–Kier alpha value is -2.33. The summed E-state index contributed by atoms with van der Waals surface area (Å²) in [5.74, 6) is -1.45. The van der Waals surface area contributed by atoms with Crippen LogP contribution in [0.25, 0.3) is 0 Å². The molecule has 11 heteroatoms. The molecule has 0 aliphatic heterocycles. The molecular formula is C18H18Cl2N2O6S. The zero-order valence-corrected chi connectivity index (χ0v) is 18.1. The quantitative estimate of drug-likeness (QED) is 0.636. The Labute approximate surface area is 178 Å². The third kappa shape index (κ3) is 5.39. The monoisotopic (exact) mass is 460 g/mol. The van der Waals surface area contributed by atoms with Gasteiger partial charge in [-0.1, -0.05) is 29.3 Å². The van der Waals surface area contributed by atoms with Gasteiger partial charge in [-0.3, -0.25) is 4.79 Å². The van der Waals surface area contributed by atoms with Crippen LogP contribution in [-0.4, -0.2) is 52.4 Å². The molecule has 0 fully saturated rings. The number of benzene rings is 2. The lowest BCUT2D eigenvalue weighted by molar-refractivity contribution is -0.119. The highest BCUT2D eigenvalue weighted by molar-refractivity contribution is 7.89. The number of carbonyl (C=O) groups excluding carboxylic acids is 2. The van der Waals surface area contributed by atoms with Gasteiger partial charge in [0.2, 0.25) is 10.0 Å². The lowest BCUT2D eigenvalue weighted by atomic mass is 10.2. The van der Waals surface area contributed by atoms with Crippen LogP contribution in [-0.2, 0) is 19.6 Å². The van der Waals surface area contributed by atoms with Crippen molar-refractivity contribution in [2.24, 2.45) is 0 Å². The van der Waals surface area contributed by atoms with E-state index in [1.165, 1.54) is 39.4 Å². The molecule has 0 bridgehead atoms. The summed E-state index contributed by atoms with van der Waals surface area (Å²) in [7, 11) is 0.155. The van der Waals surface area contributed by atoms with E-state index in [2.05, 4.69) is 5.32 Å². The first-order valence-corrected chi connectivity index (χ1v) is 10.3. The van der Waals surface area contributed by atoms with Gasteiger partial charge in [0.15, 0.2) is 6.61 Å². The fourth-order valence-corrected chi connectivity index (χ4v) is 3.63. The highest BCUT2D eigenvalue weighted by atomic mass is 35.5. The maximum atomic E-state index is 12.4. The van der Waals surface area contributed by atoms with Gasteiger partial charge in [-0.05, 0) is 30.3 Å². The second-order valence-corrected chi connectivity index (χ2v) is 8.78. The van der Waals surface area contributed by atoms with Crippen LogP contribution in [0.2, 0.25) is 10.0 Å². The first-order chi connectivity index (χ1) is 13.6. The first-order valence-electron chi connectivity index (χ1n) is 8.09. The molecule has 0 unspecified atom stereocenters. The van der Waals surface area contributed by atoms with Gasteiger partial charge < -0.3 is 14.8 Å². The molecule has 0 heterocycles. The molecule has 8 nitrogen and oxygen atoms in total. The molecule has 0 aliphatic rings. The summed E-state index contributed by atoms with van der Waals surface area (Å²) in [5.41, 5.74) is 0.212. The SMILES string of the molecule is COc1ccc(C(=O)OCC(=O)Nc2cccc(Cl)c2Cl)cc1S(=O)(=O)N(C)C. The summed E-state index contributed by atoms with van der Waals surface area (Å²) in [5, 5.41) is 2.89. The van der Waals surface area contributed by atoms with E-state index < -0.39 is 28.5 Å². The third-order valence-corrected chi connectivity index (χ3v) is 6.37. The van der Waals surface area contributed by atoms with Crippen molar-refractivity contribution >= 4 is 50.8 Å². The van der Waals surface area contributed by atoms with Gasteiger partial charge in [0.1, 0.15) is 10.6 Å². The van der Waals surface area contributed by atoms with Crippen molar-refractivity contribution in [3.63, 3.8) is 0 Å². The molecule has 1 amide bonds. The van der Waals surface area contributed by atoms with Crippen LogP contribution in [0.1, 0.15) is 10.4 Å². The van der Waals surface area contributed by atoms with E-state index in [-0.39, 0.29) is 31.9 Å². The molecular weight excluding hydrogens is 443 g/mol. The largest absolute Gasteiger partial charge is 0.495 e. The maximum absolute atomic E-state index is 12.4. The molecule has 0 aromatic heterocycles. The Morgan fingerprint density at radius 1 is 1.14 bits per heavy atom. The van der Waals surface area contributed by atoms with Crippen LogP contribution >= 0.6 is 23.2 Å². The molecule has 2 aromatic carbocycles. The van der Waals surface area contributed by atoms with Gasteiger partial charge in [0.25, 0.3) is 5.91 Å². The van der Waals surface area contributed by atoms with Gasteiger partial charge in [-0.25, -0.2) is 17.5 Å². The number of ether oxygens (including phenoxy) is 2. The fraction of sp³-hybridized carbons (Fsp3) is 0.222. The number of anilines is 1. The first kappa shape index (κ1) is 23.0. The molecule has 0 atom stereocenters. The molecule has 156 valence electrons. The van der Waals surface area contributed by atoms with E-state index in [0.29, 0.717) is 0 Å². The normalized spacial score (nSPS) is 11.2. The molecule has 0 saturated heterocycles. The summed E-state index contributed by atoms with van der Waals surface area (Å²) in [6.45, 7) is -0.608. The summed E-state index contributed by atoms with van der Waals surface area (Å²) >= 11 is 11.9. The van der Waals surface area contributed by atoms with Gasteiger partial charge in [0, 0.05) is 14.1 Å². The lowest BCUT2D eigenvalue weighted by Crippen LogP contribution is -2.24. The van der Waals surface area contributed by atoms with Crippen LogP contribution in [0.4, 0.5) is 5.69 Å². The molecule has 0 aliphatic carbocycles. The molecule has 0 saturated carbocycles. The summed E-state index contributed by atoms with van der Waals surface area (Å²) in [6, 6.07) is 8.49. The molecule has 2 aromatic rings. The summed E-state index contributed by atoms with van der Waals surface area (Å²) < 4.78 is 35.8. The van der Waals surface area contributed by atoms with Crippen LogP contribution in [0, 0.1) is 0 Å². The predicted molar refractivity (Wildman–Crippen MR) is 109 cm³/mol. The Balaban J connectivity index is 2.13. The minimum absolute atomic E-state index is 0.0557. The van der Waals surface area contributed by atoms with Gasteiger partial charge in [-0.2, -0.15) is 0 Å². The van der Waals surface area contributed by atoms with Crippen molar-refractivity contribution in [1.29, 1.82) is 0 Å². The highest BCUT2D eigenvalue weighted by Crippen LogP contribution is 2.29. The highest BCUT2D eigenvalue weighted by Gasteiger charge is 2.24. The van der Waals surface area contributed by atoms with E-state index in [1.54, 1.807) is 12.1 Å². The molecule has 2 rings (SSSR count). The Kier molecular flexibility index (Phi) is 7.48. The standard InChI is InChI=1S/C18H18Cl2N2O6S/c1-22(2)29(25,26)15-9-11(7-8-14(15)27-3)18(24)28-10-16(23)21-13-6-4-5-12(19)17(13)20/h4-9H,10H2,1-3H3,(H,21,23). The average Bonchev–Trinajstić information content (AvgIpc) is 2.69. The minimum atomic E-state index is -3.86. The van der Waals surface area contributed by atoms with Gasteiger partial charge >= 0.3 is 5.97 Å². The Bertz CT molecular complexity index is 1040. The molecule has 1 N–H and O–H groups in total. The van der Waals surface area contributed by atoms with E-state index in [4.69, 9.17) is 32.7 Å². The minimum Gasteiger partial charge on any atom is -0.495 e. The number of carbonyl (C=O) groups is 2. The maximum Gasteiger partial charge on any atom is 0.338 e. The number of nitrogens with zero attached hydrogens (tertiary/aromatic N) is 1. The number of hydrogen-bond acceptors (Lipinski definition) is 6. The number of esters is 1. The van der Waals surface area contributed by atoms with E-state index in [9.17, 15) is 18.0 Å². The number of amides is 1. The zero-order chi connectivity index (χ0) is 21.8. The average molecular weight is 461 g/mol. The fourth-order valence-electron chi connectivity index (χ4n) is 2.20. The predicted octanol–water partition coefficient (Wildman–Crippen LogP) is 3.05. The van der Waals surface area contributed by atoms with E-state index in [1.807, 2.05) is 0 Å². The third-order valence-electron chi connectivity index (χ3n) is 3.72. The van der Waals surface area contributed by atoms with Crippen LogP contribution in [0.5, 0.6) is 5.75 Å². The van der Waals surface area contributed by atoms with Crippen LogP contribution in [0.3, 0.4) is 0 Å². The second kappa shape index (κ2) is 9.45. The van der Waals surface area contributed by atoms with Crippen molar-refractivity contribution in [2.75, 3.05) is 33.1 Å². The second-order valence-electron chi connectivity index (χ2n) is 5.88. The molecule has 0 radical (unpaired) electrons.